The highest BCUT2D eigenvalue weighted by Crippen LogP contribution is 2.46. The van der Waals surface area contributed by atoms with Crippen LogP contribution in [0.2, 0.25) is 0 Å². The standard InChI is InChI=1S/C24H23BrN4O3/c1-4-30-19-10-16(9-18(25)22(19)31-12-15-8-6-5-7-13(15)2)21-17(11-26)23(27)32-24-20(21)14(3)28-29-24/h5-10,21H,4,12,27H2,1-3H3,(H,28,29)/t21-/m1/s1. The van der Waals surface area contributed by atoms with E-state index in [-0.39, 0.29) is 5.88 Å². The fraction of sp³-hybridized carbons (Fsp3) is 0.250. The molecule has 1 aliphatic heterocycles. The maximum absolute atomic E-state index is 9.81. The number of benzene rings is 2. The van der Waals surface area contributed by atoms with Gasteiger partial charge in [-0.3, -0.25) is 5.10 Å². The number of hydrogen-bond donors (Lipinski definition) is 2. The summed E-state index contributed by atoms with van der Waals surface area (Å²) in [5.41, 5.74) is 11.0. The number of aromatic nitrogens is 2. The van der Waals surface area contributed by atoms with E-state index in [9.17, 15) is 5.26 Å². The Labute approximate surface area is 194 Å². The predicted molar refractivity (Wildman–Crippen MR) is 123 cm³/mol. The van der Waals surface area contributed by atoms with Gasteiger partial charge in [0.25, 0.3) is 0 Å². The van der Waals surface area contributed by atoms with Crippen molar-refractivity contribution in [1.29, 1.82) is 5.26 Å². The third-order valence-corrected chi connectivity index (χ3v) is 6.02. The van der Waals surface area contributed by atoms with Gasteiger partial charge in [0.05, 0.1) is 17.0 Å². The highest BCUT2D eigenvalue weighted by molar-refractivity contribution is 9.10. The minimum absolute atomic E-state index is 0.0467. The number of H-pyrrole nitrogens is 1. The molecule has 4 rings (SSSR count). The Hall–Kier alpha value is -3.44. The lowest BCUT2D eigenvalue weighted by Gasteiger charge is -2.25. The number of allylic oxidation sites excluding steroid dienone is 1. The molecule has 0 amide bonds. The Balaban J connectivity index is 1.77. The number of ether oxygens (including phenoxy) is 3. The second-order valence-electron chi connectivity index (χ2n) is 7.47. The lowest BCUT2D eigenvalue weighted by atomic mass is 9.84. The van der Waals surface area contributed by atoms with Gasteiger partial charge in [-0.15, -0.1) is 5.10 Å². The van der Waals surface area contributed by atoms with Crippen molar-refractivity contribution in [2.24, 2.45) is 5.73 Å². The Morgan fingerprint density at radius 1 is 1.25 bits per heavy atom. The normalized spacial score (nSPS) is 15.0. The van der Waals surface area contributed by atoms with E-state index in [4.69, 9.17) is 19.9 Å². The first-order chi connectivity index (χ1) is 15.4. The van der Waals surface area contributed by atoms with Crippen molar-refractivity contribution in [2.75, 3.05) is 6.61 Å². The van der Waals surface area contributed by atoms with Crippen molar-refractivity contribution in [3.63, 3.8) is 0 Å². The van der Waals surface area contributed by atoms with E-state index >= 15 is 0 Å². The number of aromatic amines is 1. The van der Waals surface area contributed by atoms with Crippen molar-refractivity contribution in [3.8, 4) is 23.4 Å². The summed E-state index contributed by atoms with van der Waals surface area (Å²) in [6.45, 7) is 6.72. The van der Waals surface area contributed by atoms with Crippen LogP contribution in [0.5, 0.6) is 17.4 Å². The molecule has 0 fully saturated rings. The fourth-order valence-corrected chi connectivity index (χ4v) is 4.39. The Morgan fingerprint density at radius 3 is 2.75 bits per heavy atom. The Morgan fingerprint density at radius 2 is 2.03 bits per heavy atom. The molecule has 0 radical (unpaired) electrons. The molecule has 7 nitrogen and oxygen atoms in total. The third-order valence-electron chi connectivity index (χ3n) is 5.43. The van der Waals surface area contributed by atoms with E-state index in [0.717, 1.165) is 32.4 Å². The average molecular weight is 495 g/mol. The number of rotatable bonds is 6. The summed E-state index contributed by atoms with van der Waals surface area (Å²) < 4.78 is 18.4. The molecule has 2 aromatic carbocycles. The van der Waals surface area contributed by atoms with Gasteiger partial charge < -0.3 is 19.9 Å². The van der Waals surface area contributed by atoms with Gasteiger partial charge in [0.15, 0.2) is 11.5 Å². The summed E-state index contributed by atoms with van der Waals surface area (Å²) in [7, 11) is 0. The van der Waals surface area contributed by atoms with Gasteiger partial charge in [-0.25, -0.2) is 0 Å². The molecule has 32 heavy (non-hydrogen) atoms. The number of nitrogens with one attached hydrogen (secondary N) is 1. The van der Waals surface area contributed by atoms with Crippen LogP contribution < -0.4 is 19.9 Å². The molecule has 0 spiro atoms. The molecule has 0 saturated carbocycles. The molecule has 8 heteroatoms. The quantitative estimate of drug-likeness (QED) is 0.500. The van der Waals surface area contributed by atoms with Crippen molar-refractivity contribution in [1.82, 2.24) is 10.2 Å². The van der Waals surface area contributed by atoms with Crippen LogP contribution in [0.15, 0.2) is 52.3 Å². The van der Waals surface area contributed by atoms with Gasteiger partial charge in [0.1, 0.15) is 18.2 Å². The molecule has 2 heterocycles. The third kappa shape index (κ3) is 3.92. The van der Waals surface area contributed by atoms with Crippen LogP contribution in [0.25, 0.3) is 0 Å². The molecule has 0 aliphatic carbocycles. The molecule has 3 aromatic rings. The molecule has 1 aromatic heterocycles. The van der Waals surface area contributed by atoms with E-state index in [1.807, 2.05) is 44.2 Å². The summed E-state index contributed by atoms with van der Waals surface area (Å²) in [6.07, 6.45) is 0. The minimum atomic E-state index is -0.441. The van der Waals surface area contributed by atoms with Crippen molar-refractivity contribution >= 4 is 15.9 Å². The average Bonchev–Trinajstić information content (AvgIpc) is 3.13. The second kappa shape index (κ2) is 8.97. The largest absolute Gasteiger partial charge is 0.490 e. The lowest BCUT2D eigenvalue weighted by Crippen LogP contribution is -2.21. The summed E-state index contributed by atoms with van der Waals surface area (Å²) in [5, 5.41) is 16.9. The number of fused-ring (bicyclic) bond motifs is 1. The number of nitrogens with zero attached hydrogens (tertiary/aromatic N) is 2. The van der Waals surface area contributed by atoms with E-state index in [0.29, 0.717) is 36.2 Å². The van der Waals surface area contributed by atoms with Gasteiger partial charge in [0, 0.05) is 11.3 Å². The van der Waals surface area contributed by atoms with E-state index < -0.39 is 5.92 Å². The molecule has 164 valence electrons. The summed E-state index contributed by atoms with van der Waals surface area (Å²) in [6, 6.07) is 14.1. The molecular weight excluding hydrogens is 472 g/mol. The molecule has 3 N–H and O–H groups in total. The van der Waals surface area contributed by atoms with E-state index in [1.165, 1.54) is 0 Å². The lowest BCUT2D eigenvalue weighted by molar-refractivity contribution is 0.267. The first kappa shape index (κ1) is 21.8. The van der Waals surface area contributed by atoms with Crippen LogP contribution in [0.3, 0.4) is 0 Å². The van der Waals surface area contributed by atoms with Crippen LogP contribution >= 0.6 is 15.9 Å². The molecule has 0 saturated heterocycles. The molecular formula is C24H23BrN4O3. The minimum Gasteiger partial charge on any atom is -0.490 e. The van der Waals surface area contributed by atoms with Crippen molar-refractivity contribution in [2.45, 2.75) is 33.3 Å². The van der Waals surface area contributed by atoms with Gasteiger partial charge >= 0.3 is 0 Å². The number of aryl methyl sites for hydroxylation is 2. The zero-order valence-electron chi connectivity index (χ0n) is 18.0. The van der Waals surface area contributed by atoms with Crippen LogP contribution in [-0.4, -0.2) is 16.8 Å². The highest BCUT2D eigenvalue weighted by atomic mass is 79.9. The van der Waals surface area contributed by atoms with Crippen LogP contribution in [0, 0.1) is 25.2 Å². The van der Waals surface area contributed by atoms with Gasteiger partial charge in [0.2, 0.25) is 11.8 Å². The molecule has 1 aliphatic rings. The number of hydrogen-bond acceptors (Lipinski definition) is 6. The monoisotopic (exact) mass is 494 g/mol. The van der Waals surface area contributed by atoms with Gasteiger partial charge in [-0.1, -0.05) is 24.3 Å². The molecule has 1 atom stereocenters. The van der Waals surface area contributed by atoms with Crippen LogP contribution in [0.4, 0.5) is 0 Å². The second-order valence-corrected chi connectivity index (χ2v) is 8.32. The fourth-order valence-electron chi connectivity index (χ4n) is 3.81. The number of nitrogens with two attached hydrogens (primary N) is 1. The Bertz CT molecular complexity index is 1240. The zero-order chi connectivity index (χ0) is 22.8. The SMILES string of the molecule is CCOc1cc([C@@H]2C(C#N)=C(N)Oc3n[nH]c(C)c32)cc(Br)c1OCc1ccccc1C. The van der Waals surface area contributed by atoms with Gasteiger partial charge in [-0.2, -0.15) is 5.26 Å². The highest BCUT2D eigenvalue weighted by Gasteiger charge is 2.35. The Kier molecular flexibility index (Phi) is 6.10. The van der Waals surface area contributed by atoms with E-state index in [2.05, 4.69) is 45.2 Å². The summed E-state index contributed by atoms with van der Waals surface area (Å²) >= 11 is 3.64. The first-order valence-corrected chi connectivity index (χ1v) is 11.0. The molecule has 0 bridgehead atoms. The van der Waals surface area contributed by atoms with Crippen molar-refractivity contribution < 1.29 is 14.2 Å². The summed E-state index contributed by atoms with van der Waals surface area (Å²) in [4.78, 5) is 0. The number of nitriles is 1. The first-order valence-electron chi connectivity index (χ1n) is 10.2. The zero-order valence-corrected chi connectivity index (χ0v) is 19.6. The van der Waals surface area contributed by atoms with E-state index in [1.54, 1.807) is 0 Å². The van der Waals surface area contributed by atoms with Crippen LogP contribution in [-0.2, 0) is 6.61 Å². The number of halogens is 1. The maximum atomic E-state index is 9.81. The van der Waals surface area contributed by atoms with Gasteiger partial charge in [-0.05, 0) is 65.5 Å². The molecule has 0 unspecified atom stereocenters. The predicted octanol–water partition coefficient (Wildman–Crippen LogP) is 4.98. The topological polar surface area (TPSA) is 106 Å². The summed E-state index contributed by atoms with van der Waals surface area (Å²) in [5.74, 6) is 1.16. The smallest absolute Gasteiger partial charge is 0.244 e. The maximum Gasteiger partial charge on any atom is 0.244 e. The van der Waals surface area contributed by atoms with Crippen molar-refractivity contribution in [3.05, 3.63) is 80.3 Å². The van der Waals surface area contributed by atoms with Crippen LogP contribution in [0.1, 0.15) is 40.8 Å².